The van der Waals surface area contributed by atoms with Crippen molar-refractivity contribution in [2.75, 3.05) is 26.8 Å². The average molecular weight is 338 g/mol. The van der Waals surface area contributed by atoms with Gasteiger partial charge in [0.25, 0.3) is 0 Å². The van der Waals surface area contributed by atoms with E-state index >= 15 is 0 Å². The van der Waals surface area contributed by atoms with Gasteiger partial charge in [-0.25, -0.2) is 4.79 Å². The standard InChI is InChI=1S/C17H30N4O3/c1-13(2)16-19-15(20-24-16)9-10-18-17(22)21-11-5-4-7-14(21)8-6-12-23-3/h13-14H,4-12H2,1-3H3,(H,18,22). The van der Waals surface area contributed by atoms with Crippen LogP contribution in [-0.4, -0.2) is 53.9 Å². The van der Waals surface area contributed by atoms with Crippen LogP contribution in [0.25, 0.3) is 0 Å². The lowest BCUT2D eigenvalue weighted by molar-refractivity contribution is 0.133. The highest BCUT2D eigenvalue weighted by atomic mass is 16.5. The molecule has 0 radical (unpaired) electrons. The largest absolute Gasteiger partial charge is 0.385 e. The summed E-state index contributed by atoms with van der Waals surface area (Å²) < 4.78 is 10.3. The predicted octanol–water partition coefficient (Wildman–Crippen LogP) is 2.73. The quantitative estimate of drug-likeness (QED) is 0.737. The van der Waals surface area contributed by atoms with Gasteiger partial charge in [-0.2, -0.15) is 4.98 Å². The van der Waals surface area contributed by atoms with Crippen molar-refractivity contribution in [2.24, 2.45) is 0 Å². The van der Waals surface area contributed by atoms with Gasteiger partial charge in [0.2, 0.25) is 5.89 Å². The molecule has 0 spiro atoms. The van der Waals surface area contributed by atoms with Gasteiger partial charge < -0.3 is 19.5 Å². The van der Waals surface area contributed by atoms with E-state index in [0.717, 1.165) is 38.8 Å². The van der Waals surface area contributed by atoms with E-state index in [9.17, 15) is 4.79 Å². The highest BCUT2D eigenvalue weighted by molar-refractivity contribution is 5.74. The minimum Gasteiger partial charge on any atom is -0.385 e. The van der Waals surface area contributed by atoms with E-state index in [1.165, 1.54) is 6.42 Å². The number of carbonyl (C=O) groups excluding carboxylic acids is 1. The predicted molar refractivity (Wildman–Crippen MR) is 90.9 cm³/mol. The summed E-state index contributed by atoms with van der Waals surface area (Å²) in [6.45, 7) is 6.14. The lowest BCUT2D eigenvalue weighted by Crippen LogP contribution is -2.49. The van der Waals surface area contributed by atoms with Crippen LogP contribution >= 0.6 is 0 Å². The Kier molecular flexibility index (Phi) is 7.49. The smallest absolute Gasteiger partial charge is 0.317 e. The number of methoxy groups -OCH3 is 1. The molecule has 7 heteroatoms. The Morgan fingerprint density at radius 1 is 1.46 bits per heavy atom. The molecule has 1 aliphatic rings. The van der Waals surface area contributed by atoms with Crippen LogP contribution in [0, 0.1) is 0 Å². The van der Waals surface area contributed by atoms with Gasteiger partial charge in [-0.05, 0) is 32.1 Å². The number of urea groups is 1. The second-order valence-electron chi connectivity index (χ2n) is 6.66. The van der Waals surface area contributed by atoms with Crippen molar-refractivity contribution in [1.82, 2.24) is 20.4 Å². The molecule has 1 aromatic heterocycles. The summed E-state index contributed by atoms with van der Waals surface area (Å²) in [6, 6.07) is 0.344. The molecule has 24 heavy (non-hydrogen) atoms. The molecule has 1 aromatic rings. The van der Waals surface area contributed by atoms with E-state index in [-0.39, 0.29) is 11.9 Å². The highest BCUT2D eigenvalue weighted by Gasteiger charge is 2.26. The van der Waals surface area contributed by atoms with Crippen LogP contribution in [0.4, 0.5) is 4.79 Å². The van der Waals surface area contributed by atoms with Crippen LogP contribution in [0.3, 0.4) is 0 Å². The van der Waals surface area contributed by atoms with Crippen molar-refractivity contribution in [3.63, 3.8) is 0 Å². The van der Waals surface area contributed by atoms with Crippen molar-refractivity contribution in [3.8, 4) is 0 Å². The molecule has 7 nitrogen and oxygen atoms in total. The normalized spacial score (nSPS) is 18.2. The number of hydrogen-bond donors (Lipinski definition) is 1. The molecular weight excluding hydrogens is 308 g/mol. The van der Waals surface area contributed by atoms with Crippen molar-refractivity contribution in [1.29, 1.82) is 0 Å². The maximum atomic E-state index is 12.5. The molecule has 0 bridgehead atoms. The number of nitrogens with one attached hydrogen (secondary N) is 1. The minimum atomic E-state index is 0.0182. The number of carbonyl (C=O) groups is 1. The van der Waals surface area contributed by atoms with Gasteiger partial charge in [-0.15, -0.1) is 0 Å². The van der Waals surface area contributed by atoms with Gasteiger partial charge in [-0.3, -0.25) is 0 Å². The topological polar surface area (TPSA) is 80.5 Å². The minimum absolute atomic E-state index is 0.0182. The molecule has 0 saturated carbocycles. The highest BCUT2D eigenvalue weighted by Crippen LogP contribution is 2.21. The van der Waals surface area contributed by atoms with E-state index < -0.39 is 0 Å². The monoisotopic (exact) mass is 338 g/mol. The summed E-state index contributed by atoms with van der Waals surface area (Å²) in [6.07, 6.45) is 5.94. The number of aromatic nitrogens is 2. The Balaban J connectivity index is 1.76. The summed E-state index contributed by atoms with van der Waals surface area (Å²) in [7, 11) is 1.72. The van der Waals surface area contributed by atoms with Crippen LogP contribution in [-0.2, 0) is 11.2 Å². The van der Waals surface area contributed by atoms with Crippen LogP contribution in [0.2, 0.25) is 0 Å². The summed E-state index contributed by atoms with van der Waals surface area (Å²) in [5.74, 6) is 1.52. The number of hydrogen-bond acceptors (Lipinski definition) is 5. The number of amides is 2. The fraction of sp³-hybridized carbons (Fsp3) is 0.824. The summed E-state index contributed by atoms with van der Waals surface area (Å²) in [5, 5.41) is 6.94. The SMILES string of the molecule is COCCCC1CCCCN1C(=O)NCCc1noc(C(C)C)n1. The van der Waals surface area contributed by atoms with E-state index in [4.69, 9.17) is 9.26 Å². The fourth-order valence-electron chi connectivity index (χ4n) is 3.02. The molecule has 2 heterocycles. The molecule has 0 aliphatic carbocycles. The summed E-state index contributed by atoms with van der Waals surface area (Å²) in [4.78, 5) is 18.8. The first kappa shape index (κ1) is 18.7. The van der Waals surface area contributed by atoms with E-state index in [0.29, 0.717) is 30.7 Å². The van der Waals surface area contributed by atoms with Gasteiger partial charge in [0.05, 0.1) is 0 Å². The molecule has 136 valence electrons. The van der Waals surface area contributed by atoms with Gasteiger partial charge >= 0.3 is 6.03 Å². The van der Waals surface area contributed by atoms with Crippen molar-refractivity contribution >= 4 is 6.03 Å². The third-order valence-corrected chi connectivity index (χ3v) is 4.38. The lowest BCUT2D eigenvalue weighted by atomic mass is 9.98. The second-order valence-corrected chi connectivity index (χ2v) is 6.66. The summed E-state index contributed by atoms with van der Waals surface area (Å²) in [5.41, 5.74) is 0. The maximum absolute atomic E-state index is 12.5. The molecule has 2 amide bonds. The molecule has 1 N–H and O–H groups in total. The first-order valence-corrected chi connectivity index (χ1v) is 8.97. The Bertz CT molecular complexity index is 504. The molecule has 1 fully saturated rings. The Labute approximate surface area is 144 Å². The van der Waals surface area contributed by atoms with Crippen molar-refractivity contribution < 1.29 is 14.1 Å². The van der Waals surface area contributed by atoms with E-state index in [2.05, 4.69) is 15.5 Å². The van der Waals surface area contributed by atoms with Gasteiger partial charge in [0, 0.05) is 45.2 Å². The molecule has 1 saturated heterocycles. The Morgan fingerprint density at radius 2 is 2.29 bits per heavy atom. The van der Waals surface area contributed by atoms with Gasteiger partial charge in [0.1, 0.15) is 0 Å². The fourth-order valence-corrected chi connectivity index (χ4v) is 3.02. The number of ether oxygens (including phenoxy) is 1. The van der Waals surface area contributed by atoms with E-state index in [1.54, 1.807) is 7.11 Å². The third kappa shape index (κ3) is 5.47. The number of piperidine rings is 1. The maximum Gasteiger partial charge on any atom is 0.317 e. The average Bonchev–Trinajstić information content (AvgIpc) is 3.05. The molecular formula is C17H30N4O3. The Morgan fingerprint density at radius 3 is 3.00 bits per heavy atom. The molecule has 2 rings (SSSR count). The first-order chi connectivity index (χ1) is 11.6. The third-order valence-electron chi connectivity index (χ3n) is 4.38. The van der Waals surface area contributed by atoms with E-state index in [1.807, 2.05) is 18.7 Å². The van der Waals surface area contributed by atoms with Crippen LogP contribution in [0.15, 0.2) is 4.52 Å². The molecule has 1 aliphatic heterocycles. The van der Waals surface area contributed by atoms with Gasteiger partial charge in [0.15, 0.2) is 5.82 Å². The van der Waals surface area contributed by atoms with Gasteiger partial charge in [-0.1, -0.05) is 19.0 Å². The summed E-state index contributed by atoms with van der Waals surface area (Å²) >= 11 is 0. The van der Waals surface area contributed by atoms with Crippen LogP contribution in [0.1, 0.15) is 63.6 Å². The first-order valence-electron chi connectivity index (χ1n) is 8.97. The lowest BCUT2D eigenvalue weighted by Gasteiger charge is -2.35. The zero-order chi connectivity index (χ0) is 17.4. The van der Waals surface area contributed by atoms with Crippen molar-refractivity contribution in [2.45, 2.75) is 64.3 Å². The number of likely N-dealkylation sites (tertiary alicyclic amines) is 1. The van der Waals surface area contributed by atoms with Crippen molar-refractivity contribution in [3.05, 3.63) is 11.7 Å². The number of nitrogens with zero attached hydrogens (tertiary/aromatic N) is 3. The second kappa shape index (κ2) is 9.61. The van der Waals surface area contributed by atoms with Crippen LogP contribution < -0.4 is 5.32 Å². The zero-order valence-corrected chi connectivity index (χ0v) is 15.1. The Hall–Kier alpha value is -1.63. The number of rotatable bonds is 8. The molecule has 1 unspecified atom stereocenters. The molecule has 0 aromatic carbocycles. The zero-order valence-electron chi connectivity index (χ0n) is 15.1. The molecule has 1 atom stereocenters. The van der Waals surface area contributed by atoms with Crippen LogP contribution in [0.5, 0.6) is 0 Å².